The second-order valence-electron chi connectivity index (χ2n) is 3.68. The highest BCUT2D eigenvalue weighted by molar-refractivity contribution is 6.18. The largest absolute Gasteiger partial charge is 0.341 e. The maximum atomic E-state index is 11.6. The molecule has 86 valence electrons. The Kier molecular flexibility index (Phi) is 4.88. The van der Waals surface area contributed by atoms with Gasteiger partial charge in [0.15, 0.2) is 0 Å². The van der Waals surface area contributed by atoms with Crippen LogP contribution in [0.25, 0.3) is 0 Å². The van der Waals surface area contributed by atoms with Crippen LogP contribution in [-0.2, 0) is 9.59 Å². The van der Waals surface area contributed by atoms with Crippen molar-refractivity contribution in [3.05, 3.63) is 0 Å². The second kappa shape index (κ2) is 5.95. The number of alkyl halides is 1. The molecule has 0 aromatic heterocycles. The van der Waals surface area contributed by atoms with Crippen LogP contribution < -0.4 is 0 Å². The van der Waals surface area contributed by atoms with Gasteiger partial charge in [0.2, 0.25) is 11.8 Å². The van der Waals surface area contributed by atoms with Crippen LogP contribution in [-0.4, -0.2) is 53.7 Å². The van der Waals surface area contributed by atoms with Gasteiger partial charge in [-0.3, -0.25) is 9.59 Å². The molecule has 0 spiro atoms. The summed E-state index contributed by atoms with van der Waals surface area (Å²) in [4.78, 5) is 26.3. The van der Waals surface area contributed by atoms with E-state index in [0.717, 1.165) is 19.5 Å². The Bertz CT molecular complexity index is 246. The first-order valence-electron chi connectivity index (χ1n) is 5.24. The van der Waals surface area contributed by atoms with Crippen LogP contribution in [0.4, 0.5) is 0 Å². The Labute approximate surface area is 95.2 Å². The summed E-state index contributed by atoms with van der Waals surface area (Å²) in [5.74, 6) is 0.545. The van der Waals surface area contributed by atoms with Crippen LogP contribution in [0.15, 0.2) is 0 Å². The highest BCUT2D eigenvalue weighted by atomic mass is 35.5. The minimum atomic E-state index is 0.0849. The van der Waals surface area contributed by atoms with Gasteiger partial charge in [0.05, 0.1) is 0 Å². The van der Waals surface area contributed by atoms with E-state index in [2.05, 4.69) is 0 Å². The molecule has 1 rings (SSSR count). The zero-order valence-electron chi connectivity index (χ0n) is 9.04. The molecule has 2 amide bonds. The molecule has 1 fully saturated rings. The number of carbonyl (C=O) groups excluding carboxylic acids is 2. The first-order valence-corrected chi connectivity index (χ1v) is 5.78. The summed E-state index contributed by atoms with van der Waals surface area (Å²) in [6, 6.07) is 0. The Morgan fingerprint density at radius 3 is 2.33 bits per heavy atom. The van der Waals surface area contributed by atoms with E-state index in [9.17, 15) is 9.59 Å². The van der Waals surface area contributed by atoms with Gasteiger partial charge < -0.3 is 9.80 Å². The van der Waals surface area contributed by atoms with Crippen molar-refractivity contribution in [3.8, 4) is 0 Å². The van der Waals surface area contributed by atoms with Crippen molar-refractivity contribution >= 4 is 23.4 Å². The Morgan fingerprint density at radius 1 is 1.13 bits per heavy atom. The highest BCUT2D eigenvalue weighted by Crippen LogP contribution is 2.05. The summed E-state index contributed by atoms with van der Waals surface area (Å²) < 4.78 is 0. The standard InChI is InChI=1S/C10H17ClN2O2/c1-9(14)12-5-2-6-13(8-7-12)10(15)3-4-11/h2-8H2,1H3. The van der Waals surface area contributed by atoms with Crippen molar-refractivity contribution in [2.45, 2.75) is 19.8 Å². The van der Waals surface area contributed by atoms with Crippen molar-refractivity contribution in [1.82, 2.24) is 9.80 Å². The molecule has 0 aromatic carbocycles. The second-order valence-corrected chi connectivity index (χ2v) is 4.06. The summed E-state index contributed by atoms with van der Waals surface area (Å²) in [7, 11) is 0. The summed E-state index contributed by atoms with van der Waals surface area (Å²) in [6.07, 6.45) is 1.25. The monoisotopic (exact) mass is 232 g/mol. The fourth-order valence-corrected chi connectivity index (χ4v) is 1.88. The van der Waals surface area contributed by atoms with Crippen LogP contribution >= 0.6 is 11.6 Å². The van der Waals surface area contributed by atoms with Gasteiger partial charge in [-0.15, -0.1) is 11.6 Å². The number of halogens is 1. The molecule has 5 heteroatoms. The molecule has 0 bridgehead atoms. The van der Waals surface area contributed by atoms with Crippen molar-refractivity contribution in [3.63, 3.8) is 0 Å². The van der Waals surface area contributed by atoms with E-state index < -0.39 is 0 Å². The average molecular weight is 233 g/mol. The lowest BCUT2D eigenvalue weighted by Crippen LogP contribution is -2.36. The van der Waals surface area contributed by atoms with Gasteiger partial charge in [0.1, 0.15) is 0 Å². The molecule has 0 radical (unpaired) electrons. The minimum Gasteiger partial charge on any atom is -0.341 e. The first kappa shape index (κ1) is 12.3. The molecule has 15 heavy (non-hydrogen) atoms. The molecule has 0 unspecified atom stereocenters. The van der Waals surface area contributed by atoms with E-state index in [-0.39, 0.29) is 11.8 Å². The van der Waals surface area contributed by atoms with E-state index in [0.29, 0.717) is 25.4 Å². The Hall–Kier alpha value is -0.770. The molecule has 1 saturated heterocycles. The van der Waals surface area contributed by atoms with Gasteiger partial charge in [-0.05, 0) is 6.42 Å². The van der Waals surface area contributed by atoms with Crippen LogP contribution in [0, 0.1) is 0 Å². The Morgan fingerprint density at radius 2 is 1.73 bits per heavy atom. The number of nitrogens with zero attached hydrogens (tertiary/aromatic N) is 2. The van der Waals surface area contributed by atoms with E-state index in [1.807, 2.05) is 0 Å². The number of hydrogen-bond acceptors (Lipinski definition) is 2. The lowest BCUT2D eigenvalue weighted by Gasteiger charge is -2.20. The van der Waals surface area contributed by atoms with E-state index in [1.54, 1.807) is 16.7 Å². The summed E-state index contributed by atoms with van der Waals surface area (Å²) in [6.45, 7) is 4.33. The van der Waals surface area contributed by atoms with Gasteiger partial charge in [-0.25, -0.2) is 0 Å². The number of rotatable bonds is 2. The SMILES string of the molecule is CC(=O)N1CCCN(C(=O)CCCl)CC1. The normalized spacial score (nSPS) is 17.5. The molecule has 1 aliphatic rings. The van der Waals surface area contributed by atoms with Crippen LogP contribution in [0.1, 0.15) is 19.8 Å². The summed E-state index contributed by atoms with van der Waals surface area (Å²) in [5.41, 5.74) is 0. The first-order chi connectivity index (χ1) is 7.15. The van der Waals surface area contributed by atoms with Crippen molar-refractivity contribution < 1.29 is 9.59 Å². The van der Waals surface area contributed by atoms with Crippen molar-refractivity contribution in [2.75, 3.05) is 32.1 Å². The predicted octanol–water partition coefficient (Wildman–Crippen LogP) is 0.696. The van der Waals surface area contributed by atoms with Crippen molar-refractivity contribution in [1.29, 1.82) is 0 Å². The third-order valence-corrected chi connectivity index (χ3v) is 2.79. The van der Waals surface area contributed by atoms with Crippen LogP contribution in [0.3, 0.4) is 0 Å². The van der Waals surface area contributed by atoms with E-state index >= 15 is 0 Å². The maximum absolute atomic E-state index is 11.6. The predicted molar refractivity (Wildman–Crippen MR) is 58.8 cm³/mol. The lowest BCUT2D eigenvalue weighted by molar-refractivity contribution is -0.132. The van der Waals surface area contributed by atoms with Gasteiger partial charge in [0, 0.05) is 45.4 Å². The molecule has 4 nitrogen and oxygen atoms in total. The molecule has 1 aliphatic heterocycles. The summed E-state index contributed by atoms with van der Waals surface area (Å²) in [5, 5.41) is 0. The zero-order chi connectivity index (χ0) is 11.3. The third kappa shape index (κ3) is 3.70. The Balaban J connectivity index is 2.45. The smallest absolute Gasteiger partial charge is 0.223 e. The van der Waals surface area contributed by atoms with Gasteiger partial charge in [-0.2, -0.15) is 0 Å². The quantitative estimate of drug-likeness (QED) is 0.658. The topological polar surface area (TPSA) is 40.6 Å². The van der Waals surface area contributed by atoms with Gasteiger partial charge in [0.25, 0.3) is 0 Å². The van der Waals surface area contributed by atoms with E-state index in [4.69, 9.17) is 11.6 Å². The number of hydrogen-bond donors (Lipinski definition) is 0. The fourth-order valence-electron chi connectivity index (χ4n) is 1.72. The summed E-state index contributed by atoms with van der Waals surface area (Å²) >= 11 is 5.52. The molecule has 0 aromatic rings. The van der Waals surface area contributed by atoms with Gasteiger partial charge >= 0.3 is 0 Å². The molecular formula is C10H17ClN2O2. The van der Waals surface area contributed by atoms with Crippen molar-refractivity contribution in [2.24, 2.45) is 0 Å². The molecular weight excluding hydrogens is 216 g/mol. The minimum absolute atomic E-state index is 0.0849. The molecule has 0 atom stereocenters. The number of carbonyl (C=O) groups is 2. The third-order valence-electron chi connectivity index (χ3n) is 2.60. The zero-order valence-corrected chi connectivity index (χ0v) is 9.79. The maximum Gasteiger partial charge on any atom is 0.223 e. The molecule has 0 N–H and O–H groups in total. The lowest BCUT2D eigenvalue weighted by atomic mass is 10.3. The van der Waals surface area contributed by atoms with Gasteiger partial charge in [-0.1, -0.05) is 0 Å². The average Bonchev–Trinajstić information content (AvgIpc) is 2.43. The van der Waals surface area contributed by atoms with Crippen LogP contribution in [0.5, 0.6) is 0 Å². The fraction of sp³-hybridized carbons (Fsp3) is 0.800. The van der Waals surface area contributed by atoms with Crippen LogP contribution in [0.2, 0.25) is 0 Å². The molecule has 0 aliphatic carbocycles. The number of amides is 2. The molecule has 0 saturated carbocycles. The molecule has 1 heterocycles. The highest BCUT2D eigenvalue weighted by Gasteiger charge is 2.19. The van der Waals surface area contributed by atoms with E-state index in [1.165, 1.54) is 0 Å².